The highest BCUT2D eigenvalue weighted by molar-refractivity contribution is 6.07. The molecule has 1 unspecified atom stereocenters. The summed E-state index contributed by atoms with van der Waals surface area (Å²) in [6, 6.07) is 15.3. The third kappa shape index (κ3) is 4.72. The van der Waals surface area contributed by atoms with Gasteiger partial charge in [-0.15, -0.1) is 0 Å². The smallest absolute Gasteiger partial charge is 0.322 e. The monoisotopic (exact) mass is 437 g/mol. The summed E-state index contributed by atoms with van der Waals surface area (Å²) >= 11 is 0. The number of benzene rings is 2. The van der Waals surface area contributed by atoms with Gasteiger partial charge in [0.25, 0.3) is 5.91 Å². The second-order valence-electron chi connectivity index (χ2n) is 8.78. The number of likely N-dealkylation sites (tertiary alicyclic amines) is 1. The molecule has 170 valence electrons. The Balaban J connectivity index is 1.38. The van der Waals surface area contributed by atoms with Gasteiger partial charge in [-0.05, 0) is 74.4 Å². The summed E-state index contributed by atoms with van der Waals surface area (Å²) < 4.78 is 5.21. The van der Waals surface area contributed by atoms with Crippen molar-refractivity contribution in [1.29, 1.82) is 0 Å². The molecule has 7 heteroatoms. The number of hydrogen-bond acceptors (Lipinski definition) is 5. The molecule has 32 heavy (non-hydrogen) atoms. The third-order valence-electron chi connectivity index (χ3n) is 6.78. The van der Waals surface area contributed by atoms with E-state index in [9.17, 15) is 14.7 Å². The first-order valence-corrected chi connectivity index (χ1v) is 11.3. The number of nitrogens with zero attached hydrogens (tertiary/aromatic N) is 1. The number of phenolic OH excluding ortho intramolecular Hbond substituents is 1. The van der Waals surface area contributed by atoms with Gasteiger partial charge in [0.05, 0.1) is 7.11 Å². The molecule has 7 nitrogen and oxygen atoms in total. The van der Waals surface area contributed by atoms with E-state index in [1.807, 2.05) is 30.3 Å². The maximum atomic E-state index is 12.9. The maximum absolute atomic E-state index is 12.9. The van der Waals surface area contributed by atoms with Crippen LogP contribution in [0.2, 0.25) is 0 Å². The van der Waals surface area contributed by atoms with Crippen LogP contribution in [0.5, 0.6) is 11.5 Å². The van der Waals surface area contributed by atoms with Crippen LogP contribution in [0.3, 0.4) is 0 Å². The molecule has 2 aromatic rings. The Morgan fingerprint density at radius 1 is 1.09 bits per heavy atom. The Bertz CT molecular complexity index is 957. The highest BCUT2D eigenvalue weighted by Crippen LogP contribution is 2.35. The van der Waals surface area contributed by atoms with Gasteiger partial charge in [-0.3, -0.25) is 15.0 Å². The molecular formula is C25H31N3O4. The Morgan fingerprint density at radius 3 is 2.50 bits per heavy atom. The molecule has 3 N–H and O–H groups in total. The molecule has 0 bridgehead atoms. The minimum absolute atomic E-state index is 0.107. The van der Waals surface area contributed by atoms with Crippen LogP contribution in [-0.2, 0) is 17.8 Å². The van der Waals surface area contributed by atoms with Crippen LogP contribution in [0.1, 0.15) is 36.8 Å². The molecule has 2 aliphatic rings. The van der Waals surface area contributed by atoms with Gasteiger partial charge in [-0.2, -0.15) is 0 Å². The van der Waals surface area contributed by atoms with Gasteiger partial charge >= 0.3 is 6.03 Å². The number of carbonyl (C=O) groups is 2. The number of methoxy groups -OCH3 is 1. The number of hydrogen-bond donors (Lipinski definition) is 3. The zero-order valence-electron chi connectivity index (χ0n) is 18.5. The summed E-state index contributed by atoms with van der Waals surface area (Å²) in [6.45, 7) is 2.44. The molecular weight excluding hydrogens is 406 g/mol. The molecule has 4 rings (SSSR count). The van der Waals surface area contributed by atoms with Crippen LogP contribution >= 0.6 is 0 Å². The second kappa shape index (κ2) is 9.61. The number of piperidine rings is 1. The van der Waals surface area contributed by atoms with Crippen LogP contribution in [0.15, 0.2) is 48.5 Å². The minimum atomic E-state index is -0.820. The normalized spacial score (nSPS) is 21.9. The van der Waals surface area contributed by atoms with Crippen molar-refractivity contribution in [3.8, 4) is 11.5 Å². The average molecular weight is 438 g/mol. The quantitative estimate of drug-likeness (QED) is 0.552. The van der Waals surface area contributed by atoms with Crippen molar-refractivity contribution < 1.29 is 19.4 Å². The number of phenols is 1. The van der Waals surface area contributed by atoms with Gasteiger partial charge in [-0.1, -0.05) is 36.4 Å². The summed E-state index contributed by atoms with van der Waals surface area (Å²) in [5.74, 6) is 0.531. The van der Waals surface area contributed by atoms with Crippen LogP contribution in [-0.4, -0.2) is 47.7 Å². The van der Waals surface area contributed by atoms with Crippen molar-refractivity contribution in [2.24, 2.45) is 5.92 Å². The summed E-state index contributed by atoms with van der Waals surface area (Å²) in [5.41, 5.74) is 1.49. The zero-order chi connectivity index (χ0) is 22.6. The molecule has 2 heterocycles. The largest absolute Gasteiger partial charge is 0.504 e. The SMILES string of the molecule is COc1cc(CN2CCC(C3(CCCc4ccccc4)NC(=O)NC3=O)CC2)ccc1O. The van der Waals surface area contributed by atoms with Gasteiger partial charge in [0.2, 0.25) is 0 Å². The lowest BCUT2D eigenvalue weighted by Crippen LogP contribution is -2.56. The van der Waals surface area contributed by atoms with Crippen molar-refractivity contribution in [1.82, 2.24) is 15.5 Å². The fourth-order valence-corrected chi connectivity index (χ4v) is 5.05. The summed E-state index contributed by atoms with van der Waals surface area (Å²) in [4.78, 5) is 27.3. The number of carbonyl (C=O) groups excluding carboxylic acids is 2. The van der Waals surface area contributed by atoms with E-state index < -0.39 is 5.54 Å². The Labute approximate surface area is 188 Å². The number of ether oxygens (including phenoxy) is 1. The maximum Gasteiger partial charge on any atom is 0.322 e. The van der Waals surface area contributed by atoms with E-state index in [-0.39, 0.29) is 23.6 Å². The van der Waals surface area contributed by atoms with E-state index in [2.05, 4.69) is 27.7 Å². The third-order valence-corrected chi connectivity index (χ3v) is 6.78. The molecule has 0 spiro atoms. The molecule has 2 fully saturated rings. The van der Waals surface area contributed by atoms with Crippen molar-refractivity contribution in [3.63, 3.8) is 0 Å². The number of amides is 3. The first-order valence-electron chi connectivity index (χ1n) is 11.3. The highest BCUT2D eigenvalue weighted by atomic mass is 16.5. The van der Waals surface area contributed by atoms with Crippen LogP contribution in [0.25, 0.3) is 0 Å². The van der Waals surface area contributed by atoms with E-state index in [1.165, 1.54) is 5.56 Å². The molecule has 3 amide bonds. The standard InChI is InChI=1S/C25H31N3O4/c1-32-22-16-19(9-10-21(22)29)17-28-14-11-20(12-15-28)25(23(30)26-24(31)27-25)13-5-8-18-6-3-2-4-7-18/h2-4,6-7,9-10,16,20,29H,5,8,11-15,17H2,1H3,(H2,26,27,30,31). The number of aromatic hydroxyl groups is 1. The van der Waals surface area contributed by atoms with Crippen molar-refractivity contribution >= 4 is 11.9 Å². The fourth-order valence-electron chi connectivity index (χ4n) is 5.05. The van der Waals surface area contributed by atoms with Crippen molar-refractivity contribution in [2.75, 3.05) is 20.2 Å². The predicted octanol–water partition coefficient (Wildman–Crippen LogP) is 3.21. The molecule has 1 atom stereocenters. The zero-order valence-corrected chi connectivity index (χ0v) is 18.5. The lowest BCUT2D eigenvalue weighted by molar-refractivity contribution is -0.127. The van der Waals surface area contributed by atoms with E-state index >= 15 is 0 Å². The predicted molar refractivity (Wildman–Crippen MR) is 121 cm³/mol. The van der Waals surface area contributed by atoms with E-state index in [0.29, 0.717) is 12.2 Å². The molecule has 2 saturated heterocycles. The van der Waals surface area contributed by atoms with Gasteiger partial charge in [-0.25, -0.2) is 4.79 Å². The summed E-state index contributed by atoms with van der Waals surface area (Å²) in [5, 5.41) is 15.3. The number of rotatable bonds is 8. The minimum Gasteiger partial charge on any atom is -0.504 e. The Hall–Kier alpha value is -3.06. The van der Waals surface area contributed by atoms with Crippen molar-refractivity contribution in [2.45, 2.75) is 44.2 Å². The van der Waals surface area contributed by atoms with E-state index in [0.717, 1.165) is 50.9 Å². The van der Waals surface area contributed by atoms with E-state index in [4.69, 9.17) is 4.74 Å². The van der Waals surface area contributed by atoms with Gasteiger partial charge in [0.1, 0.15) is 5.54 Å². The number of aryl methyl sites for hydroxylation is 1. The molecule has 0 aliphatic carbocycles. The summed E-state index contributed by atoms with van der Waals surface area (Å²) in [7, 11) is 1.54. The van der Waals surface area contributed by atoms with Crippen LogP contribution < -0.4 is 15.4 Å². The Kier molecular flexibility index (Phi) is 6.65. The number of nitrogens with one attached hydrogen (secondary N) is 2. The number of urea groups is 1. The van der Waals surface area contributed by atoms with Crippen molar-refractivity contribution in [3.05, 3.63) is 59.7 Å². The van der Waals surface area contributed by atoms with Gasteiger partial charge in [0.15, 0.2) is 11.5 Å². The topological polar surface area (TPSA) is 90.9 Å². The van der Waals surface area contributed by atoms with E-state index in [1.54, 1.807) is 13.2 Å². The average Bonchev–Trinajstić information content (AvgIpc) is 3.10. The fraction of sp³-hybridized carbons (Fsp3) is 0.440. The second-order valence-corrected chi connectivity index (χ2v) is 8.78. The molecule has 0 saturated carbocycles. The van der Waals surface area contributed by atoms with Crippen LogP contribution in [0.4, 0.5) is 4.79 Å². The first-order chi connectivity index (χ1) is 15.5. The molecule has 0 radical (unpaired) electrons. The van der Waals surface area contributed by atoms with Gasteiger partial charge in [0, 0.05) is 6.54 Å². The molecule has 2 aliphatic heterocycles. The molecule has 2 aromatic carbocycles. The number of imide groups is 1. The van der Waals surface area contributed by atoms with Gasteiger partial charge < -0.3 is 15.2 Å². The first kappa shape index (κ1) is 22.1. The molecule has 0 aromatic heterocycles. The summed E-state index contributed by atoms with van der Waals surface area (Å²) in [6.07, 6.45) is 4.04. The van der Waals surface area contributed by atoms with Crippen LogP contribution in [0, 0.1) is 5.92 Å². The Morgan fingerprint density at radius 2 is 1.84 bits per heavy atom. The lowest BCUT2D eigenvalue weighted by atomic mass is 9.74. The lowest BCUT2D eigenvalue weighted by Gasteiger charge is -2.40. The highest BCUT2D eigenvalue weighted by Gasteiger charge is 2.51.